The molecular weight excluding hydrogens is 358 g/mol. The number of anilines is 1. The van der Waals surface area contributed by atoms with Gasteiger partial charge in [0, 0.05) is 44.2 Å². The molecule has 1 fully saturated rings. The van der Waals surface area contributed by atoms with E-state index in [9.17, 15) is 18.8 Å². The lowest BCUT2D eigenvalue weighted by Crippen LogP contribution is -2.44. The minimum Gasteiger partial charge on any atom is -0.364 e. The summed E-state index contributed by atoms with van der Waals surface area (Å²) in [6, 6.07) is 0.761. The monoisotopic (exact) mass is 380 g/mol. The summed E-state index contributed by atoms with van der Waals surface area (Å²) in [7, 11) is 0. The van der Waals surface area contributed by atoms with Crippen molar-refractivity contribution >= 4 is 23.9 Å². The second kappa shape index (κ2) is 7.99. The summed E-state index contributed by atoms with van der Waals surface area (Å²) < 4.78 is 29.6. The van der Waals surface area contributed by atoms with Gasteiger partial charge in [-0.15, -0.1) is 0 Å². The fourth-order valence-electron chi connectivity index (χ4n) is 3.56. The van der Waals surface area contributed by atoms with Gasteiger partial charge in [-0.1, -0.05) is 0 Å². The second-order valence-electron chi connectivity index (χ2n) is 6.79. The topological polar surface area (TPSA) is 81.8 Å². The van der Waals surface area contributed by atoms with Crippen LogP contribution >= 0.6 is 0 Å². The number of amides is 3. The molecule has 146 valence electrons. The van der Waals surface area contributed by atoms with Crippen LogP contribution in [0.3, 0.4) is 0 Å². The molecule has 0 bridgehead atoms. The van der Waals surface area contributed by atoms with E-state index in [0.717, 1.165) is 6.07 Å². The molecule has 27 heavy (non-hydrogen) atoms. The van der Waals surface area contributed by atoms with Crippen LogP contribution in [0.1, 0.15) is 35.7 Å². The van der Waals surface area contributed by atoms with E-state index in [1.54, 1.807) is 11.8 Å². The zero-order chi connectivity index (χ0) is 19.6. The number of nitrogens with zero attached hydrogens (tertiary/aromatic N) is 2. The van der Waals surface area contributed by atoms with Crippen molar-refractivity contribution in [2.75, 3.05) is 31.1 Å². The van der Waals surface area contributed by atoms with Crippen LogP contribution in [0.15, 0.2) is 6.07 Å². The molecule has 0 radical (unpaired) electrons. The summed E-state index contributed by atoms with van der Waals surface area (Å²) in [6.07, 6.45) is 0.677. The molecule has 1 aromatic carbocycles. The Kier molecular flexibility index (Phi) is 5.69. The number of nitrogens with one attached hydrogen (secondary N) is 2. The van der Waals surface area contributed by atoms with E-state index in [1.165, 1.54) is 4.90 Å². The largest absolute Gasteiger partial charge is 0.364 e. The number of carbonyl (C=O) groups is 3. The average Bonchev–Trinajstić information content (AvgIpc) is 2.98. The standard InChI is InChI=1S/C18H22F2N4O3/c1-11(2-3-15(26)22-10-25)24-9-13-12(18(24)27)8-14(19)17(16(13)20)23-6-4-21-5-7-23/h8,10-11,21H,2-7,9H2,1H3,(H,22,25,26). The molecule has 3 rings (SSSR count). The van der Waals surface area contributed by atoms with Crippen LogP contribution in [-0.2, 0) is 16.1 Å². The van der Waals surface area contributed by atoms with E-state index in [2.05, 4.69) is 5.32 Å². The molecule has 2 heterocycles. The predicted octanol–water partition coefficient (Wildman–Crippen LogP) is 0.771. The first-order chi connectivity index (χ1) is 12.9. The van der Waals surface area contributed by atoms with Crippen LogP contribution in [0.4, 0.5) is 14.5 Å². The molecule has 0 spiro atoms. The number of hydrogen-bond acceptors (Lipinski definition) is 5. The molecule has 1 atom stereocenters. The van der Waals surface area contributed by atoms with Crippen molar-refractivity contribution in [1.82, 2.24) is 15.5 Å². The molecule has 2 N–H and O–H groups in total. The quantitative estimate of drug-likeness (QED) is 0.713. The first kappa shape index (κ1) is 19.2. The summed E-state index contributed by atoms with van der Waals surface area (Å²) in [5.41, 5.74) is 0.148. The van der Waals surface area contributed by atoms with Crippen molar-refractivity contribution < 1.29 is 23.2 Å². The van der Waals surface area contributed by atoms with Gasteiger partial charge in [-0.05, 0) is 19.4 Å². The van der Waals surface area contributed by atoms with E-state index in [0.29, 0.717) is 39.0 Å². The first-order valence-corrected chi connectivity index (χ1v) is 8.94. The van der Waals surface area contributed by atoms with Gasteiger partial charge >= 0.3 is 0 Å². The number of carbonyl (C=O) groups excluding carboxylic acids is 3. The van der Waals surface area contributed by atoms with Gasteiger partial charge in [-0.3, -0.25) is 19.7 Å². The highest BCUT2D eigenvalue weighted by Gasteiger charge is 2.36. The van der Waals surface area contributed by atoms with E-state index < -0.39 is 23.4 Å². The van der Waals surface area contributed by atoms with Crippen LogP contribution in [0.25, 0.3) is 0 Å². The third-order valence-electron chi connectivity index (χ3n) is 5.09. The second-order valence-corrected chi connectivity index (χ2v) is 6.79. The summed E-state index contributed by atoms with van der Waals surface area (Å²) in [6.45, 7) is 4.04. The molecule has 9 heteroatoms. The van der Waals surface area contributed by atoms with Gasteiger partial charge < -0.3 is 15.1 Å². The molecule has 1 saturated heterocycles. The zero-order valence-corrected chi connectivity index (χ0v) is 15.1. The van der Waals surface area contributed by atoms with Gasteiger partial charge in [0.05, 0.1) is 12.1 Å². The summed E-state index contributed by atoms with van der Waals surface area (Å²) in [4.78, 5) is 37.4. The molecule has 2 aliphatic heterocycles. The average molecular weight is 380 g/mol. The number of rotatable bonds is 6. The van der Waals surface area contributed by atoms with Crippen molar-refractivity contribution in [2.45, 2.75) is 32.4 Å². The maximum absolute atomic E-state index is 15.1. The molecule has 3 amide bonds. The van der Waals surface area contributed by atoms with E-state index in [4.69, 9.17) is 0 Å². The van der Waals surface area contributed by atoms with E-state index >= 15 is 4.39 Å². The molecule has 2 aliphatic rings. The summed E-state index contributed by atoms with van der Waals surface area (Å²) in [5.74, 6) is -2.31. The highest BCUT2D eigenvalue weighted by molar-refractivity contribution is 5.99. The lowest BCUT2D eigenvalue weighted by molar-refractivity contribution is -0.125. The Morgan fingerprint density at radius 2 is 2.07 bits per heavy atom. The Morgan fingerprint density at radius 1 is 1.37 bits per heavy atom. The van der Waals surface area contributed by atoms with Crippen molar-refractivity contribution in [2.24, 2.45) is 0 Å². The summed E-state index contributed by atoms with van der Waals surface area (Å²) in [5, 5.41) is 5.17. The molecule has 0 aliphatic carbocycles. The highest BCUT2D eigenvalue weighted by atomic mass is 19.1. The van der Waals surface area contributed by atoms with Crippen molar-refractivity contribution in [3.05, 3.63) is 28.8 Å². The molecule has 1 unspecified atom stereocenters. The number of imide groups is 1. The van der Waals surface area contributed by atoms with Crippen LogP contribution in [0.5, 0.6) is 0 Å². The SMILES string of the molecule is CC(CCC(=O)NC=O)N1Cc2c(cc(F)c(N3CCNCC3)c2F)C1=O. The van der Waals surface area contributed by atoms with Gasteiger partial charge in [0.1, 0.15) is 11.5 Å². The molecular formula is C18H22F2N4O3. The molecule has 1 aromatic rings. The minimum absolute atomic E-state index is 0.0353. The maximum Gasteiger partial charge on any atom is 0.254 e. The van der Waals surface area contributed by atoms with Gasteiger partial charge in [-0.25, -0.2) is 8.78 Å². The number of halogens is 2. The van der Waals surface area contributed by atoms with Gasteiger partial charge in [0.2, 0.25) is 12.3 Å². The Bertz CT molecular complexity index is 765. The number of benzene rings is 1. The normalized spacial score (nSPS) is 17.7. The Balaban J connectivity index is 1.79. The maximum atomic E-state index is 15.1. The van der Waals surface area contributed by atoms with Crippen LogP contribution in [0, 0.1) is 11.6 Å². The predicted molar refractivity (Wildman–Crippen MR) is 94.2 cm³/mol. The van der Waals surface area contributed by atoms with Crippen molar-refractivity contribution in [3.8, 4) is 0 Å². The van der Waals surface area contributed by atoms with Crippen LogP contribution < -0.4 is 15.5 Å². The Morgan fingerprint density at radius 3 is 2.74 bits per heavy atom. The van der Waals surface area contributed by atoms with Crippen molar-refractivity contribution in [1.29, 1.82) is 0 Å². The van der Waals surface area contributed by atoms with Gasteiger partial charge in [0.25, 0.3) is 5.91 Å². The lowest BCUT2D eigenvalue weighted by atomic mass is 10.1. The fourth-order valence-corrected chi connectivity index (χ4v) is 3.56. The third-order valence-corrected chi connectivity index (χ3v) is 5.09. The highest BCUT2D eigenvalue weighted by Crippen LogP contribution is 2.35. The smallest absolute Gasteiger partial charge is 0.254 e. The summed E-state index contributed by atoms with van der Waals surface area (Å²) >= 11 is 0. The van der Waals surface area contributed by atoms with Crippen LogP contribution in [-0.4, -0.2) is 55.3 Å². The fraction of sp³-hybridized carbons (Fsp3) is 0.500. The molecule has 0 saturated carbocycles. The first-order valence-electron chi connectivity index (χ1n) is 8.94. The minimum atomic E-state index is -0.735. The van der Waals surface area contributed by atoms with Gasteiger partial charge in [-0.2, -0.15) is 0 Å². The lowest BCUT2D eigenvalue weighted by Gasteiger charge is -2.30. The van der Waals surface area contributed by atoms with Crippen molar-refractivity contribution in [3.63, 3.8) is 0 Å². The molecule has 0 aromatic heterocycles. The third kappa shape index (κ3) is 3.78. The van der Waals surface area contributed by atoms with Crippen LogP contribution in [0.2, 0.25) is 0 Å². The molecule has 7 nitrogen and oxygen atoms in total. The number of hydrogen-bond donors (Lipinski definition) is 2. The van der Waals surface area contributed by atoms with E-state index in [-0.39, 0.29) is 35.8 Å². The zero-order valence-electron chi connectivity index (χ0n) is 15.1. The Labute approximate surface area is 155 Å². The van der Waals surface area contributed by atoms with Gasteiger partial charge in [0.15, 0.2) is 5.82 Å². The Hall–Kier alpha value is -2.55. The number of fused-ring (bicyclic) bond motifs is 1. The van der Waals surface area contributed by atoms with E-state index in [1.807, 2.05) is 5.32 Å². The number of piperazine rings is 1.